The molecule has 6 heteroatoms. The molecule has 0 spiro atoms. The molecule has 1 aromatic heterocycles. The van der Waals surface area contributed by atoms with Crippen LogP contribution in [0.3, 0.4) is 0 Å². The van der Waals surface area contributed by atoms with Crippen LogP contribution in [0.15, 0.2) is 10.6 Å². The summed E-state index contributed by atoms with van der Waals surface area (Å²) in [6.07, 6.45) is 1.07. The molecule has 1 aromatic rings. The normalized spacial score (nSPS) is 9.80. The molecule has 0 bridgehead atoms. The molecule has 56 valence electrons. The first-order valence-corrected chi connectivity index (χ1v) is 2.50. The van der Waals surface area contributed by atoms with Crippen molar-refractivity contribution in [3.63, 3.8) is 0 Å². The van der Waals surface area contributed by atoms with Gasteiger partial charge < -0.3 is 9.62 Å². The van der Waals surface area contributed by atoms with Gasteiger partial charge in [-0.05, 0) is 0 Å². The van der Waals surface area contributed by atoms with Crippen LogP contribution in [0, 0.1) is 0 Å². The van der Waals surface area contributed by atoms with Crippen LogP contribution in [-0.4, -0.2) is 15.4 Å². The minimum Gasteiger partial charge on any atom is -0.411 e. The molecule has 0 aromatic carbocycles. The molecular formula is C4H6N2O4. The van der Waals surface area contributed by atoms with Gasteiger partial charge in [-0.15, -0.1) is 0 Å². The van der Waals surface area contributed by atoms with E-state index >= 15 is 0 Å². The lowest BCUT2D eigenvalue weighted by Gasteiger charge is -1.88. The smallest absolute Gasteiger partial charge is 0.411 e. The van der Waals surface area contributed by atoms with E-state index < -0.39 is 0 Å². The predicted octanol–water partition coefficient (Wildman–Crippen LogP) is 0.00520. The Morgan fingerprint density at radius 1 is 1.80 bits per heavy atom. The summed E-state index contributed by atoms with van der Waals surface area (Å²) >= 11 is 0. The molecule has 1 heterocycles. The minimum absolute atomic E-state index is 0.121. The number of rotatable bonds is 3. The molecule has 0 radical (unpaired) electrons. The zero-order chi connectivity index (χ0) is 7.40. The van der Waals surface area contributed by atoms with E-state index in [2.05, 4.69) is 14.3 Å². The molecule has 6 nitrogen and oxygen atoms in total. The summed E-state index contributed by atoms with van der Waals surface area (Å²) in [5.41, 5.74) is 1.85. The Labute approximate surface area is 55.9 Å². The Balaban J connectivity index is 2.59. The van der Waals surface area contributed by atoms with Gasteiger partial charge in [-0.3, -0.25) is 4.89 Å². The average molecular weight is 146 g/mol. The third kappa shape index (κ3) is 1.44. The van der Waals surface area contributed by atoms with Gasteiger partial charge in [0.15, 0.2) is 0 Å². The minimum atomic E-state index is -0.245. The summed E-state index contributed by atoms with van der Waals surface area (Å²) < 4.78 is 4.67. The topological polar surface area (TPSA) is 87.8 Å². The molecule has 0 fully saturated rings. The van der Waals surface area contributed by atoms with Crippen molar-refractivity contribution >= 4 is 0 Å². The van der Waals surface area contributed by atoms with E-state index in [9.17, 15) is 0 Å². The van der Waals surface area contributed by atoms with Crippen LogP contribution in [-0.2, 0) is 6.54 Å². The van der Waals surface area contributed by atoms with E-state index in [0.717, 1.165) is 0 Å². The molecule has 0 saturated heterocycles. The van der Waals surface area contributed by atoms with Crippen molar-refractivity contribution < 1.29 is 19.8 Å². The van der Waals surface area contributed by atoms with E-state index in [1.807, 2.05) is 5.48 Å². The molecular weight excluding hydrogens is 140 g/mol. The van der Waals surface area contributed by atoms with Gasteiger partial charge in [-0.2, -0.15) is 15.7 Å². The van der Waals surface area contributed by atoms with Crippen molar-refractivity contribution in [3.8, 4) is 6.08 Å². The first-order valence-electron chi connectivity index (χ1n) is 2.50. The van der Waals surface area contributed by atoms with Crippen LogP contribution in [0.1, 0.15) is 5.76 Å². The SMILES string of the molecule is ONCc1cnc(OO)o1. The second kappa shape index (κ2) is 3.16. The molecule has 0 aliphatic carbocycles. The number of nitrogens with zero attached hydrogens (tertiary/aromatic N) is 1. The van der Waals surface area contributed by atoms with Gasteiger partial charge in [-0.25, -0.2) is 0 Å². The van der Waals surface area contributed by atoms with E-state index in [1.165, 1.54) is 6.20 Å². The van der Waals surface area contributed by atoms with Crippen LogP contribution in [0.25, 0.3) is 0 Å². The Morgan fingerprint density at radius 3 is 3.10 bits per heavy atom. The van der Waals surface area contributed by atoms with Crippen molar-refractivity contribution in [3.05, 3.63) is 12.0 Å². The van der Waals surface area contributed by atoms with Crippen molar-refractivity contribution in [1.82, 2.24) is 10.5 Å². The zero-order valence-electron chi connectivity index (χ0n) is 4.94. The van der Waals surface area contributed by atoms with Gasteiger partial charge in [0.2, 0.25) is 0 Å². The Kier molecular flexibility index (Phi) is 2.21. The maximum Gasteiger partial charge on any atom is 0.426 e. The Hall–Kier alpha value is -1.11. The molecule has 10 heavy (non-hydrogen) atoms. The van der Waals surface area contributed by atoms with Gasteiger partial charge in [0.05, 0.1) is 12.7 Å². The number of aromatic nitrogens is 1. The molecule has 0 atom stereocenters. The van der Waals surface area contributed by atoms with E-state index in [-0.39, 0.29) is 12.6 Å². The number of hydroxylamine groups is 1. The predicted molar refractivity (Wildman–Crippen MR) is 28.4 cm³/mol. The summed E-state index contributed by atoms with van der Waals surface area (Å²) in [4.78, 5) is 7.12. The quantitative estimate of drug-likeness (QED) is 0.411. The van der Waals surface area contributed by atoms with Crippen LogP contribution in [0.2, 0.25) is 0 Å². The molecule has 3 N–H and O–H groups in total. The Bertz CT molecular complexity index is 199. The van der Waals surface area contributed by atoms with E-state index in [4.69, 9.17) is 10.5 Å². The van der Waals surface area contributed by atoms with Crippen molar-refractivity contribution in [1.29, 1.82) is 0 Å². The highest BCUT2D eigenvalue weighted by Crippen LogP contribution is 2.08. The highest BCUT2D eigenvalue weighted by atomic mass is 17.1. The maximum absolute atomic E-state index is 8.16. The van der Waals surface area contributed by atoms with Crippen LogP contribution < -0.4 is 10.4 Å². The molecule has 0 unspecified atom stereocenters. The van der Waals surface area contributed by atoms with Crippen LogP contribution >= 0.6 is 0 Å². The van der Waals surface area contributed by atoms with Gasteiger partial charge in [0.1, 0.15) is 5.76 Å². The Morgan fingerprint density at radius 2 is 2.60 bits per heavy atom. The maximum atomic E-state index is 8.16. The fraction of sp³-hybridized carbons (Fsp3) is 0.250. The van der Waals surface area contributed by atoms with Crippen molar-refractivity contribution in [2.45, 2.75) is 6.54 Å². The summed E-state index contributed by atoms with van der Waals surface area (Å²) in [7, 11) is 0. The van der Waals surface area contributed by atoms with Crippen LogP contribution in [0.5, 0.6) is 6.08 Å². The standard InChI is InChI=1S/C4H6N2O4/c7-6-2-3-1-5-4(9-3)10-8/h1,6-8H,2H2. The van der Waals surface area contributed by atoms with Crippen LogP contribution in [0.4, 0.5) is 0 Å². The highest BCUT2D eigenvalue weighted by molar-refractivity contribution is 4.95. The number of hydrogen-bond donors (Lipinski definition) is 3. The van der Waals surface area contributed by atoms with E-state index in [1.54, 1.807) is 0 Å². The average Bonchev–Trinajstić information content (AvgIpc) is 2.37. The third-order valence-electron chi connectivity index (χ3n) is 0.864. The van der Waals surface area contributed by atoms with Gasteiger partial charge in [0.25, 0.3) is 0 Å². The van der Waals surface area contributed by atoms with Gasteiger partial charge >= 0.3 is 6.08 Å². The number of hydrogen-bond acceptors (Lipinski definition) is 6. The molecule has 0 saturated carbocycles. The monoisotopic (exact) mass is 146 g/mol. The molecule has 0 aliphatic rings. The lowest BCUT2D eigenvalue weighted by Crippen LogP contribution is -2.04. The third-order valence-corrected chi connectivity index (χ3v) is 0.864. The zero-order valence-corrected chi connectivity index (χ0v) is 4.94. The molecule has 0 aliphatic heterocycles. The highest BCUT2D eigenvalue weighted by Gasteiger charge is 2.02. The molecule has 1 rings (SSSR count). The first kappa shape index (κ1) is 7.00. The van der Waals surface area contributed by atoms with Crippen molar-refractivity contribution in [2.24, 2.45) is 0 Å². The van der Waals surface area contributed by atoms with Gasteiger partial charge in [0, 0.05) is 0 Å². The summed E-state index contributed by atoms with van der Waals surface area (Å²) in [5.74, 6) is 0.367. The van der Waals surface area contributed by atoms with E-state index in [0.29, 0.717) is 5.76 Å². The lowest BCUT2D eigenvalue weighted by atomic mass is 10.5. The van der Waals surface area contributed by atoms with Gasteiger partial charge in [-0.1, -0.05) is 0 Å². The lowest BCUT2D eigenvalue weighted by molar-refractivity contribution is -0.159. The fourth-order valence-corrected chi connectivity index (χ4v) is 0.491. The molecule has 0 amide bonds. The largest absolute Gasteiger partial charge is 0.426 e. The summed E-state index contributed by atoms with van der Waals surface area (Å²) in [5, 5.41) is 16.1. The fourth-order valence-electron chi connectivity index (χ4n) is 0.491. The first-order chi connectivity index (χ1) is 4.86. The summed E-state index contributed by atoms with van der Waals surface area (Å²) in [6, 6.07) is 0. The summed E-state index contributed by atoms with van der Waals surface area (Å²) in [6.45, 7) is 0.121. The second-order valence-corrected chi connectivity index (χ2v) is 1.52. The number of oxazole rings is 1. The van der Waals surface area contributed by atoms with Crippen molar-refractivity contribution in [2.75, 3.05) is 0 Å². The number of nitrogens with one attached hydrogen (secondary N) is 1. The second-order valence-electron chi connectivity index (χ2n) is 1.52.